The molecule has 1 N–H and O–H groups in total. The van der Waals surface area contributed by atoms with Crippen LogP contribution in [0.5, 0.6) is 0 Å². The van der Waals surface area contributed by atoms with Crippen molar-refractivity contribution in [3.8, 4) is 11.5 Å². The second-order valence-electron chi connectivity index (χ2n) is 5.17. The van der Waals surface area contributed by atoms with E-state index < -0.39 is 25.9 Å². The molecule has 0 aliphatic heterocycles. The third-order valence-corrected chi connectivity index (χ3v) is 3.09. The molecule has 1 aromatic rings. The number of hydrogen-bond acceptors (Lipinski definition) is 2. The fraction of sp³-hybridized carbons (Fsp3) is 0.385. The van der Waals surface area contributed by atoms with Gasteiger partial charge in [-0.2, -0.15) is 13.2 Å². The van der Waals surface area contributed by atoms with Crippen LogP contribution in [0.15, 0.2) is 12.1 Å². The van der Waals surface area contributed by atoms with Crippen LogP contribution in [0, 0.1) is 11.5 Å². The van der Waals surface area contributed by atoms with E-state index in [4.69, 9.17) is 0 Å². The highest BCUT2D eigenvalue weighted by atomic mass is 28.3. The zero-order valence-electron chi connectivity index (χ0n) is 11.6. The van der Waals surface area contributed by atoms with Gasteiger partial charge in [0.2, 0.25) is 0 Å². The maximum Gasteiger partial charge on any atom is 0.433 e. The number of halogens is 3. The molecule has 0 bridgehead atoms. The van der Waals surface area contributed by atoms with E-state index in [-0.39, 0.29) is 11.3 Å². The largest absolute Gasteiger partial charge is 0.433 e. The lowest BCUT2D eigenvalue weighted by molar-refractivity contribution is -0.141. The number of alkyl halides is 3. The van der Waals surface area contributed by atoms with Crippen molar-refractivity contribution < 1.29 is 18.0 Å². The molecule has 1 rings (SSSR count). The molecule has 0 saturated carbocycles. The molecule has 0 spiro atoms. The first-order valence-corrected chi connectivity index (χ1v) is 9.38. The molecule has 108 valence electrons. The van der Waals surface area contributed by atoms with Crippen molar-refractivity contribution in [2.45, 2.75) is 25.8 Å². The Kier molecular flexibility index (Phi) is 4.60. The maximum atomic E-state index is 12.7. The fourth-order valence-electron chi connectivity index (χ4n) is 1.28. The van der Waals surface area contributed by atoms with Gasteiger partial charge in [0.15, 0.2) is 0 Å². The first-order valence-electron chi connectivity index (χ1n) is 5.88. The molecule has 7 heteroatoms. The normalized spacial score (nSPS) is 11.6. The Morgan fingerprint density at radius 1 is 1.30 bits per heavy atom. The van der Waals surface area contributed by atoms with Crippen molar-refractivity contribution in [2.24, 2.45) is 0 Å². The standard InChI is InChI=1S/C13H15F3N2OSi/c1-17-12(19)9-5-6-11(13(14,15)16)18-10(9)7-8-20(2,3)4/h5-6H,1-4H3,(H,17,19). The summed E-state index contributed by atoms with van der Waals surface area (Å²) in [6.45, 7) is 5.85. The number of rotatable bonds is 1. The van der Waals surface area contributed by atoms with Crippen molar-refractivity contribution in [1.29, 1.82) is 0 Å². The number of nitrogens with one attached hydrogen (secondary N) is 1. The quantitative estimate of drug-likeness (QED) is 0.640. The highest BCUT2D eigenvalue weighted by Crippen LogP contribution is 2.28. The predicted molar refractivity (Wildman–Crippen MR) is 72.9 cm³/mol. The predicted octanol–water partition coefficient (Wildman–Crippen LogP) is 2.69. The molecule has 0 aromatic carbocycles. The van der Waals surface area contributed by atoms with E-state index >= 15 is 0 Å². The number of pyridine rings is 1. The van der Waals surface area contributed by atoms with Gasteiger partial charge in [-0.1, -0.05) is 25.6 Å². The summed E-state index contributed by atoms with van der Waals surface area (Å²) in [4.78, 5) is 15.1. The minimum atomic E-state index is -4.56. The zero-order chi connectivity index (χ0) is 15.6. The molecule has 0 unspecified atom stereocenters. The van der Waals surface area contributed by atoms with E-state index in [1.165, 1.54) is 7.05 Å². The molecule has 0 fully saturated rings. The Morgan fingerprint density at radius 3 is 2.35 bits per heavy atom. The van der Waals surface area contributed by atoms with Crippen LogP contribution in [0.25, 0.3) is 0 Å². The van der Waals surface area contributed by atoms with Crippen molar-refractivity contribution in [3.05, 3.63) is 29.1 Å². The zero-order valence-corrected chi connectivity index (χ0v) is 12.6. The van der Waals surface area contributed by atoms with E-state index in [1.54, 1.807) is 0 Å². The van der Waals surface area contributed by atoms with Gasteiger partial charge < -0.3 is 5.32 Å². The van der Waals surface area contributed by atoms with E-state index in [0.29, 0.717) is 0 Å². The minimum absolute atomic E-state index is 0.0475. The van der Waals surface area contributed by atoms with Crippen LogP contribution < -0.4 is 5.32 Å². The molecule has 20 heavy (non-hydrogen) atoms. The van der Waals surface area contributed by atoms with Gasteiger partial charge in [-0.3, -0.25) is 4.79 Å². The molecule has 0 radical (unpaired) electrons. The molecule has 0 aliphatic carbocycles. The Labute approximate surface area is 116 Å². The van der Waals surface area contributed by atoms with E-state index in [2.05, 4.69) is 21.8 Å². The average molecular weight is 300 g/mol. The summed E-state index contributed by atoms with van der Waals surface area (Å²) in [5.41, 5.74) is 1.77. The minimum Gasteiger partial charge on any atom is -0.355 e. The summed E-state index contributed by atoms with van der Waals surface area (Å²) < 4.78 is 38.0. The SMILES string of the molecule is CNC(=O)c1ccc(C(F)(F)F)nc1C#C[Si](C)(C)C. The molecule has 3 nitrogen and oxygen atoms in total. The van der Waals surface area contributed by atoms with Crippen LogP contribution in [0.4, 0.5) is 13.2 Å². The topological polar surface area (TPSA) is 42.0 Å². The second kappa shape index (κ2) is 5.67. The van der Waals surface area contributed by atoms with E-state index in [9.17, 15) is 18.0 Å². The Hall–Kier alpha value is -1.81. The lowest BCUT2D eigenvalue weighted by atomic mass is 10.1. The fourth-order valence-corrected chi connectivity index (χ4v) is 1.77. The number of nitrogens with zero attached hydrogens (tertiary/aromatic N) is 1. The van der Waals surface area contributed by atoms with Crippen molar-refractivity contribution in [1.82, 2.24) is 10.3 Å². The van der Waals surface area contributed by atoms with Crippen LogP contribution in [0.3, 0.4) is 0 Å². The number of carbonyl (C=O) groups excluding carboxylic acids is 1. The van der Waals surface area contributed by atoms with Crippen LogP contribution in [0.1, 0.15) is 21.7 Å². The number of hydrogen-bond donors (Lipinski definition) is 1. The van der Waals surface area contributed by atoms with Crippen LogP contribution >= 0.6 is 0 Å². The van der Waals surface area contributed by atoms with E-state index in [1.807, 2.05) is 19.6 Å². The summed E-state index contributed by atoms with van der Waals surface area (Å²) in [6, 6.07) is 1.88. The van der Waals surface area contributed by atoms with Gasteiger partial charge in [0.1, 0.15) is 19.5 Å². The third kappa shape index (κ3) is 4.38. The summed E-state index contributed by atoms with van der Waals surface area (Å²) in [7, 11) is -0.387. The molecular weight excluding hydrogens is 285 g/mol. The van der Waals surface area contributed by atoms with Crippen molar-refractivity contribution >= 4 is 14.0 Å². The highest BCUT2D eigenvalue weighted by Gasteiger charge is 2.33. The van der Waals surface area contributed by atoms with Crippen molar-refractivity contribution in [3.63, 3.8) is 0 Å². The maximum absolute atomic E-state index is 12.7. The Balaban J connectivity index is 3.41. The van der Waals surface area contributed by atoms with Gasteiger partial charge in [-0.25, -0.2) is 4.98 Å². The van der Waals surface area contributed by atoms with Crippen LogP contribution in [-0.4, -0.2) is 26.0 Å². The molecule has 1 aromatic heterocycles. The van der Waals surface area contributed by atoms with Gasteiger partial charge >= 0.3 is 6.18 Å². The summed E-state index contributed by atoms with van der Waals surface area (Å²) in [5, 5.41) is 2.36. The number of amides is 1. The summed E-state index contributed by atoms with van der Waals surface area (Å²) >= 11 is 0. The van der Waals surface area contributed by atoms with Crippen LogP contribution in [0.2, 0.25) is 19.6 Å². The van der Waals surface area contributed by atoms with E-state index in [0.717, 1.165) is 12.1 Å². The molecule has 0 saturated heterocycles. The average Bonchev–Trinajstić information content (AvgIpc) is 2.33. The number of carbonyl (C=O) groups is 1. The number of aromatic nitrogens is 1. The smallest absolute Gasteiger partial charge is 0.355 e. The third-order valence-electron chi connectivity index (χ3n) is 2.21. The van der Waals surface area contributed by atoms with Crippen molar-refractivity contribution in [2.75, 3.05) is 7.05 Å². The second-order valence-corrected chi connectivity index (χ2v) is 9.92. The highest BCUT2D eigenvalue weighted by molar-refractivity contribution is 6.83. The lowest BCUT2D eigenvalue weighted by Crippen LogP contribution is -2.21. The molecular formula is C13H15F3N2OSi. The van der Waals surface area contributed by atoms with Gasteiger partial charge in [-0.15, -0.1) is 5.54 Å². The van der Waals surface area contributed by atoms with Gasteiger partial charge in [0, 0.05) is 7.05 Å². The first-order chi connectivity index (χ1) is 9.04. The molecule has 0 aliphatic rings. The Morgan fingerprint density at radius 2 is 1.90 bits per heavy atom. The van der Waals surface area contributed by atoms with Crippen LogP contribution in [-0.2, 0) is 6.18 Å². The van der Waals surface area contributed by atoms with Gasteiger partial charge in [0.25, 0.3) is 5.91 Å². The lowest BCUT2D eigenvalue weighted by Gasteiger charge is -2.09. The van der Waals surface area contributed by atoms with Gasteiger partial charge in [-0.05, 0) is 12.1 Å². The summed E-state index contributed by atoms with van der Waals surface area (Å²) in [5.74, 6) is 2.11. The first kappa shape index (κ1) is 16.2. The molecule has 0 atom stereocenters. The molecule has 1 heterocycles. The summed E-state index contributed by atoms with van der Waals surface area (Å²) in [6.07, 6.45) is -4.56. The molecule has 1 amide bonds. The monoisotopic (exact) mass is 300 g/mol. The van der Waals surface area contributed by atoms with Gasteiger partial charge in [0.05, 0.1) is 5.56 Å². The Bertz CT molecular complexity index is 580.